The van der Waals surface area contributed by atoms with Crippen LogP contribution in [-0.4, -0.2) is 46.4 Å². The molecule has 0 saturated carbocycles. The molecule has 0 radical (unpaired) electrons. The van der Waals surface area contributed by atoms with Gasteiger partial charge in [-0.15, -0.1) is 0 Å². The minimum Gasteiger partial charge on any atom is -0.395 e. The molecule has 86 valence electrons. The quantitative estimate of drug-likeness (QED) is 0.654. The number of rotatable bonds is 4. The molecule has 1 rings (SSSR count). The summed E-state index contributed by atoms with van der Waals surface area (Å²) in [4.78, 5) is 3.07. The molecule has 1 aliphatic heterocycles. The average Bonchev–Trinajstić information content (AvgIpc) is 2.17. The molecule has 0 fully saturated rings. The Balaban J connectivity index is 2.64. The standard InChI is InChI=1S/C8H14N2O4S/c1-8(15(12,13)14)10-4-2-9(3-5-10)6-7-11/h2-5,8,11H,6-7H2,1H3,(H,12,13,14). The van der Waals surface area contributed by atoms with Crippen molar-refractivity contribution in [3.8, 4) is 0 Å². The van der Waals surface area contributed by atoms with E-state index in [4.69, 9.17) is 9.66 Å². The third-order valence-corrected chi connectivity index (χ3v) is 3.18. The van der Waals surface area contributed by atoms with Gasteiger partial charge in [-0.25, -0.2) is 0 Å². The van der Waals surface area contributed by atoms with E-state index in [2.05, 4.69) is 0 Å². The van der Waals surface area contributed by atoms with E-state index in [-0.39, 0.29) is 6.61 Å². The summed E-state index contributed by atoms with van der Waals surface area (Å²) < 4.78 is 30.5. The minimum absolute atomic E-state index is 0.0164. The van der Waals surface area contributed by atoms with Crippen molar-refractivity contribution < 1.29 is 18.1 Å². The van der Waals surface area contributed by atoms with Crippen LogP contribution in [0, 0.1) is 0 Å². The maximum atomic E-state index is 10.8. The number of hydrogen-bond acceptors (Lipinski definition) is 5. The molecule has 0 amide bonds. The summed E-state index contributed by atoms with van der Waals surface area (Å²) in [5.74, 6) is 0. The fraction of sp³-hybridized carbons (Fsp3) is 0.500. The van der Waals surface area contributed by atoms with Crippen LogP contribution in [0.15, 0.2) is 24.8 Å². The molecule has 0 spiro atoms. The monoisotopic (exact) mass is 234 g/mol. The molecule has 0 aliphatic carbocycles. The number of aliphatic hydroxyl groups is 1. The van der Waals surface area contributed by atoms with E-state index in [1.54, 1.807) is 17.3 Å². The lowest BCUT2D eigenvalue weighted by atomic mass is 10.5. The predicted octanol–water partition coefficient (Wildman–Crippen LogP) is -0.227. The zero-order chi connectivity index (χ0) is 11.5. The largest absolute Gasteiger partial charge is 0.395 e. The highest BCUT2D eigenvalue weighted by Crippen LogP contribution is 2.12. The summed E-state index contributed by atoms with van der Waals surface area (Å²) in [6, 6.07) is 0. The third-order valence-electron chi connectivity index (χ3n) is 2.07. The van der Waals surface area contributed by atoms with Gasteiger partial charge in [0.15, 0.2) is 5.37 Å². The van der Waals surface area contributed by atoms with Crippen LogP contribution in [0.2, 0.25) is 0 Å². The highest BCUT2D eigenvalue weighted by Gasteiger charge is 2.22. The molecule has 1 aliphatic rings. The Bertz CT molecular complexity index is 349. The number of aliphatic hydroxyl groups excluding tert-OH is 1. The van der Waals surface area contributed by atoms with Gasteiger partial charge in [0, 0.05) is 31.3 Å². The summed E-state index contributed by atoms with van der Waals surface area (Å²) in [6.45, 7) is 1.84. The molecular weight excluding hydrogens is 220 g/mol. The second kappa shape index (κ2) is 4.65. The molecule has 1 atom stereocenters. The van der Waals surface area contributed by atoms with E-state index >= 15 is 0 Å². The van der Waals surface area contributed by atoms with Gasteiger partial charge in [0.2, 0.25) is 0 Å². The van der Waals surface area contributed by atoms with Crippen molar-refractivity contribution in [2.75, 3.05) is 13.2 Å². The predicted molar refractivity (Wildman–Crippen MR) is 54.9 cm³/mol. The summed E-state index contributed by atoms with van der Waals surface area (Å²) in [5.41, 5.74) is 0. The highest BCUT2D eigenvalue weighted by molar-refractivity contribution is 7.86. The Morgan fingerprint density at radius 3 is 2.20 bits per heavy atom. The molecule has 2 N–H and O–H groups in total. The molecule has 6 nitrogen and oxygen atoms in total. The minimum atomic E-state index is -4.08. The summed E-state index contributed by atoms with van der Waals surface area (Å²) in [6.07, 6.45) is 6.29. The van der Waals surface area contributed by atoms with Crippen LogP contribution >= 0.6 is 0 Å². The van der Waals surface area contributed by atoms with E-state index in [1.807, 2.05) is 0 Å². The molecule has 0 aromatic rings. The van der Waals surface area contributed by atoms with Crippen LogP contribution in [0.4, 0.5) is 0 Å². The van der Waals surface area contributed by atoms with Crippen molar-refractivity contribution in [1.82, 2.24) is 9.80 Å². The Labute approximate surface area is 88.9 Å². The van der Waals surface area contributed by atoms with Gasteiger partial charge in [-0.1, -0.05) is 0 Å². The lowest BCUT2D eigenvalue weighted by Gasteiger charge is -2.27. The zero-order valence-electron chi connectivity index (χ0n) is 8.31. The van der Waals surface area contributed by atoms with Gasteiger partial charge in [-0.2, -0.15) is 8.42 Å². The first-order chi connectivity index (χ1) is 6.95. The normalized spacial score (nSPS) is 18.3. The smallest absolute Gasteiger partial charge is 0.286 e. The van der Waals surface area contributed by atoms with Crippen molar-refractivity contribution in [2.24, 2.45) is 0 Å². The van der Waals surface area contributed by atoms with Crippen molar-refractivity contribution in [1.29, 1.82) is 0 Å². The third kappa shape index (κ3) is 3.22. The SMILES string of the molecule is CC(N1C=CN(CCO)C=C1)S(=O)(=O)O. The first-order valence-corrected chi connectivity index (χ1v) is 5.92. The van der Waals surface area contributed by atoms with Crippen LogP contribution in [0.1, 0.15) is 6.92 Å². The Hall–Kier alpha value is -1.05. The Morgan fingerprint density at radius 1 is 1.27 bits per heavy atom. The van der Waals surface area contributed by atoms with Gasteiger partial charge in [0.05, 0.1) is 6.61 Å². The zero-order valence-corrected chi connectivity index (χ0v) is 9.13. The summed E-state index contributed by atoms with van der Waals surface area (Å²) >= 11 is 0. The summed E-state index contributed by atoms with van der Waals surface area (Å²) in [7, 11) is -4.08. The van der Waals surface area contributed by atoms with Crippen molar-refractivity contribution in [3.63, 3.8) is 0 Å². The Morgan fingerprint density at radius 2 is 1.80 bits per heavy atom. The summed E-state index contributed by atoms with van der Waals surface area (Å²) in [5, 5.41) is 7.65. The van der Waals surface area contributed by atoms with Gasteiger partial charge in [-0.05, 0) is 6.92 Å². The number of hydrogen-bond donors (Lipinski definition) is 2. The van der Waals surface area contributed by atoms with Crippen LogP contribution < -0.4 is 0 Å². The second-order valence-corrected chi connectivity index (χ2v) is 4.83. The fourth-order valence-corrected chi connectivity index (χ4v) is 1.53. The average molecular weight is 234 g/mol. The topological polar surface area (TPSA) is 81.1 Å². The van der Waals surface area contributed by atoms with E-state index < -0.39 is 15.5 Å². The molecule has 7 heteroatoms. The van der Waals surface area contributed by atoms with Crippen LogP contribution in [0.25, 0.3) is 0 Å². The van der Waals surface area contributed by atoms with E-state index in [0.29, 0.717) is 6.54 Å². The van der Waals surface area contributed by atoms with Gasteiger partial charge in [0.1, 0.15) is 0 Å². The maximum Gasteiger partial charge on any atom is 0.286 e. The highest BCUT2D eigenvalue weighted by atomic mass is 32.2. The first-order valence-electron chi connectivity index (χ1n) is 4.42. The first kappa shape index (κ1) is 12.0. The molecular formula is C8H14N2O4S. The van der Waals surface area contributed by atoms with E-state index in [9.17, 15) is 8.42 Å². The van der Waals surface area contributed by atoms with Gasteiger partial charge in [-0.3, -0.25) is 4.55 Å². The van der Waals surface area contributed by atoms with Crippen molar-refractivity contribution in [3.05, 3.63) is 24.8 Å². The molecule has 0 saturated heterocycles. The number of β-amino-alcohol motifs (C(OH)–C–C–N with tert-alkyl or cyclic N) is 1. The molecule has 1 unspecified atom stereocenters. The molecule has 0 aromatic carbocycles. The lowest BCUT2D eigenvalue weighted by molar-refractivity contribution is 0.257. The van der Waals surface area contributed by atoms with Crippen molar-refractivity contribution in [2.45, 2.75) is 12.3 Å². The molecule has 1 heterocycles. The fourth-order valence-electron chi connectivity index (χ4n) is 1.09. The molecule has 15 heavy (non-hydrogen) atoms. The van der Waals surface area contributed by atoms with Gasteiger partial charge < -0.3 is 14.9 Å². The second-order valence-electron chi connectivity index (χ2n) is 3.12. The Kier molecular flexibility index (Phi) is 3.72. The van der Waals surface area contributed by atoms with Crippen LogP contribution in [0.3, 0.4) is 0 Å². The van der Waals surface area contributed by atoms with Crippen molar-refractivity contribution >= 4 is 10.1 Å². The van der Waals surface area contributed by atoms with E-state index in [1.165, 1.54) is 24.2 Å². The molecule has 0 bridgehead atoms. The van der Waals surface area contributed by atoms with E-state index in [0.717, 1.165) is 0 Å². The lowest BCUT2D eigenvalue weighted by Crippen LogP contribution is -2.33. The van der Waals surface area contributed by atoms with Crippen LogP contribution in [-0.2, 0) is 10.1 Å². The molecule has 0 aromatic heterocycles. The maximum absolute atomic E-state index is 10.8. The van der Waals surface area contributed by atoms with Crippen LogP contribution in [0.5, 0.6) is 0 Å². The number of nitrogens with zero attached hydrogens (tertiary/aromatic N) is 2. The van der Waals surface area contributed by atoms with Gasteiger partial charge in [0.25, 0.3) is 10.1 Å². The van der Waals surface area contributed by atoms with Gasteiger partial charge >= 0.3 is 0 Å².